The lowest BCUT2D eigenvalue weighted by atomic mass is 10.2. The van der Waals surface area contributed by atoms with Gasteiger partial charge in [0.1, 0.15) is 11.5 Å². The molecular formula is C13H11BrFN4+. The maximum Gasteiger partial charge on any atom is 0.199 e. The van der Waals surface area contributed by atoms with Gasteiger partial charge in [0.15, 0.2) is 12.4 Å². The molecule has 0 aromatic carbocycles. The van der Waals surface area contributed by atoms with Crippen molar-refractivity contribution < 1.29 is 9.07 Å². The molecule has 0 unspecified atom stereocenters. The first kappa shape index (κ1) is 12.1. The van der Waals surface area contributed by atoms with Crippen molar-refractivity contribution in [3.05, 3.63) is 58.8 Å². The van der Waals surface area contributed by atoms with E-state index in [1.54, 1.807) is 6.20 Å². The van der Waals surface area contributed by atoms with E-state index in [1.165, 1.54) is 6.20 Å². The second-order valence-corrected chi connectivity index (χ2v) is 4.93. The third kappa shape index (κ3) is 2.31. The van der Waals surface area contributed by atoms with E-state index in [-0.39, 0.29) is 5.82 Å². The highest BCUT2D eigenvalue weighted by atomic mass is 79.9. The fourth-order valence-corrected chi connectivity index (χ4v) is 2.22. The quantitative estimate of drug-likeness (QED) is 0.728. The number of rotatable bonds is 3. The van der Waals surface area contributed by atoms with Crippen LogP contribution in [0.2, 0.25) is 0 Å². The molecule has 2 N–H and O–H groups in total. The van der Waals surface area contributed by atoms with Gasteiger partial charge >= 0.3 is 0 Å². The van der Waals surface area contributed by atoms with Crippen LogP contribution < -0.4 is 10.1 Å². The lowest BCUT2D eigenvalue weighted by Gasteiger charge is -2.01. The van der Waals surface area contributed by atoms with Gasteiger partial charge in [-0.3, -0.25) is 0 Å². The van der Waals surface area contributed by atoms with Crippen LogP contribution in [-0.4, -0.2) is 9.97 Å². The zero-order valence-corrected chi connectivity index (χ0v) is 11.5. The zero-order valence-electron chi connectivity index (χ0n) is 9.90. The monoisotopic (exact) mass is 321 g/mol. The number of hydrogen-bond donors (Lipinski definition) is 2. The number of aromatic amines is 1. The van der Waals surface area contributed by atoms with Gasteiger partial charge in [-0.25, -0.2) is 9.37 Å². The molecule has 3 heterocycles. The van der Waals surface area contributed by atoms with Crippen LogP contribution in [0.4, 0.5) is 4.39 Å². The van der Waals surface area contributed by atoms with Crippen molar-refractivity contribution in [2.75, 3.05) is 5.43 Å². The maximum atomic E-state index is 14.1. The molecule has 0 spiro atoms. The fraction of sp³-hybridized carbons (Fsp3) is 0.0769. The van der Waals surface area contributed by atoms with Crippen LogP contribution in [0.1, 0.15) is 5.56 Å². The lowest BCUT2D eigenvalue weighted by Crippen LogP contribution is -2.43. The Morgan fingerprint density at radius 1 is 1.32 bits per heavy atom. The van der Waals surface area contributed by atoms with Crippen molar-refractivity contribution in [3.63, 3.8) is 0 Å². The molecule has 0 aliphatic carbocycles. The van der Waals surface area contributed by atoms with Crippen molar-refractivity contribution >= 4 is 27.0 Å². The number of nitrogens with one attached hydrogen (secondary N) is 2. The third-order valence-corrected chi connectivity index (χ3v) is 3.40. The molecule has 0 fully saturated rings. The Labute approximate surface area is 117 Å². The fourth-order valence-electron chi connectivity index (χ4n) is 1.92. The maximum absolute atomic E-state index is 14.1. The number of nitrogens with zero attached hydrogens (tertiary/aromatic N) is 2. The highest BCUT2D eigenvalue weighted by Crippen LogP contribution is 2.25. The van der Waals surface area contributed by atoms with Gasteiger partial charge in [-0.1, -0.05) is 10.7 Å². The molecule has 0 atom stereocenters. The summed E-state index contributed by atoms with van der Waals surface area (Å²) in [5.41, 5.74) is 4.56. The smallest absolute Gasteiger partial charge is 0.199 e. The largest absolute Gasteiger partial charge is 0.346 e. The van der Waals surface area contributed by atoms with Crippen LogP contribution in [0.3, 0.4) is 0 Å². The summed E-state index contributed by atoms with van der Waals surface area (Å²) in [4.78, 5) is 7.11. The van der Waals surface area contributed by atoms with E-state index >= 15 is 0 Å². The summed E-state index contributed by atoms with van der Waals surface area (Å²) in [5.74, 6) is -0.291. The average molecular weight is 322 g/mol. The number of H-pyrrole nitrogens is 1. The molecule has 0 aliphatic heterocycles. The predicted molar refractivity (Wildman–Crippen MR) is 73.5 cm³/mol. The predicted octanol–water partition coefficient (Wildman–Crippen LogP) is 2.50. The molecule has 0 aliphatic rings. The average Bonchev–Trinajstić information content (AvgIpc) is 2.86. The van der Waals surface area contributed by atoms with E-state index in [9.17, 15) is 4.39 Å². The van der Waals surface area contributed by atoms with Gasteiger partial charge in [-0.2, -0.15) is 5.43 Å². The zero-order chi connectivity index (χ0) is 13.2. The summed E-state index contributed by atoms with van der Waals surface area (Å²) >= 11 is 3.15. The van der Waals surface area contributed by atoms with Crippen LogP contribution in [0.5, 0.6) is 0 Å². The molecule has 0 bridgehead atoms. The Morgan fingerprint density at radius 2 is 2.11 bits per heavy atom. The van der Waals surface area contributed by atoms with Crippen molar-refractivity contribution in [3.8, 4) is 0 Å². The molecule has 3 aromatic heterocycles. The van der Waals surface area contributed by atoms with Gasteiger partial charge in [0.25, 0.3) is 0 Å². The number of aromatic nitrogens is 3. The van der Waals surface area contributed by atoms with Crippen LogP contribution >= 0.6 is 15.9 Å². The van der Waals surface area contributed by atoms with E-state index in [2.05, 4.69) is 31.3 Å². The number of hydrogen-bond acceptors (Lipinski definition) is 2. The van der Waals surface area contributed by atoms with E-state index in [0.717, 1.165) is 5.56 Å². The molecule has 3 rings (SSSR count). The Morgan fingerprint density at radius 3 is 2.89 bits per heavy atom. The highest BCUT2D eigenvalue weighted by molar-refractivity contribution is 9.10. The number of halogens is 2. The summed E-state index contributed by atoms with van der Waals surface area (Å²) in [6.45, 7) is 0.504. The van der Waals surface area contributed by atoms with Crippen molar-refractivity contribution in [2.24, 2.45) is 0 Å². The van der Waals surface area contributed by atoms with Crippen molar-refractivity contribution in [2.45, 2.75) is 6.54 Å². The minimum atomic E-state index is -0.291. The van der Waals surface area contributed by atoms with Gasteiger partial charge in [0, 0.05) is 30.1 Å². The second kappa shape index (κ2) is 4.97. The Bertz CT molecular complexity index is 711. The van der Waals surface area contributed by atoms with Crippen LogP contribution in [0.25, 0.3) is 11.0 Å². The number of pyridine rings is 2. The van der Waals surface area contributed by atoms with Crippen molar-refractivity contribution in [1.29, 1.82) is 0 Å². The Kier molecular flexibility index (Phi) is 3.16. The lowest BCUT2D eigenvalue weighted by molar-refractivity contribution is -0.651. The first-order chi connectivity index (χ1) is 9.25. The third-order valence-electron chi connectivity index (χ3n) is 2.84. The normalized spacial score (nSPS) is 10.8. The van der Waals surface area contributed by atoms with Gasteiger partial charge in [-0.05, 0) is 15.9 Å². The van der Waals surface area contributed by atoms with Crippen LogP contribution in [0.15, 0.2) is 47.5 Å². The van der Waals surface area contributed by atoms with E-state index in [4.69, 9.17) is 0 Å². The minimum Gasteiger partial charge on any atom is -0.346 e. The molecule has 19 heavy (non-hydrogen) atoms. The molecule has 0 saturated heterocycles. The Balaban J connectivity index is 1.91. The van der Waals surface area contributed by atoms with E-state index in [1.807, 2.05) is 35.3 Å². The van der Waals surface area contributed by atoms with Crippen molar-refractivity contribution in [1.82, 2.24) is 9.97 Å². The summed E-state index contributed by atoms with van der Waals surface area (Å²) in [5, 5.41) is 0.512. The summed E-state index contributed by atoms with van der Waals surface area (Å²) < 4.78 is 16.3. The van der Waals surface area contributed by atoms with Crippen LogP contribution in [0, 0.1) is 5.82 Å². The summed E-state index contributed by atoms with van der Waals surface area (Å²) in [6.07, 6.45) is 7.00. The Hall–Kier alpha value is -1.95. The van der Waals surface area contributed by atoms with E-state index in [0.29, 0.717) is 22.1 Å². The molecule has 0 radical (unpaired) electrons. The van der Waals surface area contributed by atoms with Crippen LogP contribution in [-0.2, 0) is 6.54 Å². The standard InChI is InChI=1S/C13H11BrFN4/c14-10-8-17-13-11(12(10)15)9(6-16-13)7-18-19-4-2-1-3-5-19/h1-6,8,18H,7H2,(H,16,17)/q+1. The highest BCUT2D eigenvalue weighted by Gasteiger charge is 2.13. The van der Waals surface area contributed by atoms with Gasteiger partial charge in [0.05, 0.1) is 16.4 Å². The summed E-state index contributed by atoms with van der Waals surface area (Å²) in [7, 11) is 0. The molecular weight excluding hydrogens is 311 g/mol. The molecule has 4 nitrogen and oxygen atoms in total. The SMILES string of the molecule is Fc1c(Br)cnc2[nH]cc(CN[n+]3ccccc3)c12. The topological polar surface area (TPSA) is 44.6 Å². The van der Waals surface area contributed by atoms with Gasteiger partial charge in [-0.15, -0.1) is 0 Å². The first-order valence-corrected chi connectivity index (χ1v) is 6.55. The molecule has 3 aromatic rings. The van der Waals surface area contributed by atoms with E-state index < -0.39 is 0 Å². The van der Waals surface area contributed by atoms with Gasteiger partial charge < -0.3 is 4.98 Å². The summed E-state index contributed by atoms with van der Waals surface area (Å²) in [6, 6.07) is 5.77. The van der Waals surface area contributed by atoms with Gasteiger partial charge in [0.2, 0.25) is 0 Å². The molecule has 0 amide bonds. The molecule has 6 heteroatoms. The molecule has 96 valence electrons. The minimum absolute atomic E-state index is 0.291. The molecule has 0 saturated carbocycles. The second-order valence-electron chi connectivity index (χ2n) is 4.08. The first-order valence-electron chi connectivity index (χ1n) is 5.76. The number of fused-ring (bicyclic) bond motifs is 1.